The van der Waals surface area contributed by atoms with Crippen molar-refractivity contribution < 1.29 is 23.9 Å². The van der Waals surface area contributed by atoms with Crippen molar-refractivity contribution >= 4 is 34.5 Å². The van der Waals surface area contributed by atoms with Gasteiger partial charge in [-0.15, -0.1) is 0 Å². The minimum Gasteiger partial charge on any atom is -0.493 e. The summed E-state index contributed by atoms with van der Waals surface area (Å²) in [6, 6.07) is 12.9. The summed E-state index contributed by atoms with van der Waals surface area (Å²) < 4.78 is 18.0. The maximum atomic E-state index is 11.5. The second-order valence-electron chi connectivity index (χ2n) is 5.38. The van der Waals surface area contributed by atoms with E-state index in [4.69, 9.17) is 19.1 Å². The number of hydrogen-bond acceptors (Lipinski definition) is 7. The van der Waals surface area contributed by atoms with Gasteiger partial charge in [-0.3, -0.25) is 10.0 Å². The molecule has 1 heterocycles. The van der Waals surface area contributed by atoms with Crippen LogP contribution >= 0.6 is 11.9 Å². The first-order chi connectivity index (χ1) is 12.5. The van der Waals surface area contributed by atoms with Crippen LogP contribution in [-0.4, -0.2) is 32.4 Å². The summed E-state index contributed by atoms with van der Waals surface area (Å²) in [5.41, 5.74) is 3.05. The highest BCUT2D eigenvalue weighted by molar-refractivity contribution is 8.00. The lowest BCUT2D eigenvalue weighted by Crippen LogP contribution is -2.17. The summed E-state index contributed by atoms with van der Waals surface area (Å²) in [5.74, 6) is 0.704. The molecule has 0 aliphatic rings. The third kappa shape index (κ3) is 3.56. The molecule has 0 fully saturated rings. The fraction of sp³-hybridized carbons (Fsp3) is 0.167. The van der Waals surface area contributed by atoms with Crippen molar-refractivity contribution in [3.05, 3.63) is 48.2 Å². The quantitative estimate of drug-likeness (QED) is 0.386. The van der Waals surface area contributed by atoms with Gasteiger partial charge in [0, 0.05) is 23.0 Å². The van der Waals surface area contributed by atoms with Crippen molar-refractivity contribution in [1.82, 2.24) is 5.48 Å². The van der Waals surface area contributed by atoms with Crippen molar-refractivity contribution in [2.24, 2.45) is 0 Å². The molecule has 1 aromatic heterocycles. The number of ether oxygens (including phenoxy) is 2. The molecule has 0 atom stereocenters. The third-order valence-corrected chi connectivity index (χ3v) is 4.74. The number of fused-ring (bicyclic) bond motifs is 1. The topological polar surface area (TPSA) is 84.2 Å². The summed E-state index contributed by atoms with van der Waals surface area (Å²) in [4.78, 5) is 12.4. The zero-order chi connectivity index (χ0) is 18.7. The highest BCUT2D eigenvalue weighted by atomic mass is 32.2. The van der Waals surface area contributed by atoms with E-state index in [0.717, 1.165) is 16.0 Å². The predicted molar refractivity (Wildman–Crippen MR) is 99.3 cm³/mol. The Balaban J connectivity index is 1.83. The Morgan fingerprint density at radius 3 is 2.58 bits per heavy atom. The Kier molecular flexibility index (Phi) is 5.24. The highest BCUT2D eigenvalue weighted by Gasteiger charge is 2.13. The monoisotopic (exact) mass is 374 g/mol. The number of rotatable bonds is 6. The molecule has 0 spiro atoms. The Hall–Kier alpha value is -2.84. The zero-order valence-corrected chi connectivity index (χ0v) is 15.3. The van der Waals surface area contributed by atoms with Crippen LogP contribution in [0.25, 0.3) is 11.0 Å². The molecule has 7 nitrogen and oxygen atoms in total. The van der Waals surface area contributed by atoms with E-state index in [2.05, 4.69) is 0 Å². The molecule has 0 unspecified atom stereocenters. The van der Waals surface area contributed by atoms with E-state index < -0.39 is 5.91 Å². The number of hydroxylamine groups is 1. The van der Waals surface area contributed by atoms with Crippen LogP contribution in [0, 0.1) is 0 Å². The molecule has 0 saturated heterocycles. The van der Waals surface area contributed by atoms with Crippen LogP contribution in [-0.2, 0) is 0 Å². The van der Waals surface area contributed by atoms with Gasteiger partial charge < -0.3 is 18.2 Å². The van der Waals surface area contributed by atoms with Gasteiger partial charge in [-0.2, -0.15) is 0 Å². The lowest BCUT2D eigenvalue weighted by Gasteiger charge is -2.18. The van der Waals surface area contributed by atoms with E-state index in [0.29, 0.717) is 17.1 Å². The van der Waals surface area contributed by atoms with Crippen molar-refractivity contribution in [3.8, 4) is 11.5 Å². The minimum atomic E-state index is -0.684. The number of carbonyl (C=O) groups excluding carboxylic acids is 1. The number of nitrogens with zero attached hydrogens (tertiary/aromatic N) is 1. The Labute approximate surface area is 154 Å². The van der Waals surface area contributed by atoms with Crippen molar-refractivity contribution in [1.29, 1.82) is 0 Å². The molecular weight excluding hydrogens is 356 g/mol. The molecule has 0 saturated carbocycles. The lowest BCUT2D eigenvalue weighted by atomic mass is 10.2. The molecule has 2 N–H and O–H groups in total. The van der Waals surface area contributed by atoms with E-state index in [1.807, 2.05) is 41.7 Å². The van der Waals surface area contributed by atoms with Gasteiger partial charge in [-0.25, -0.2) is 5.48 Å². The van der Waals surface area contributed by atoms with Gasteiger partial charge in [-0.05, 0) is 54.4 Å². The number of amides is 1. The van der Waals surface area contributed by atoms with Crippen molar-refractivity contribution in [3.63, 3.8) is 0 Å². The molecular formula is C18H18N2O5S. The number of carbonyl (C=O) groups is 1. The van der Waals surface area contributed by atoms with Crippen LogP contribution in [0.2, 0.25) is 0 Å². The maximum Gasteiger partial charge on any atom is 0.310 e. The number of nitrogens with one attached hydrogen (secondary N) is 1. The van der Waals surface area contributed by atoms with Crippen molar-refractivity contribution in [2.45, 2.75) is 4.90 Å². The molecule has 0 bridgehead atoms. The summed E-state index contributed by atoms with van der Waals surface area (Å²) in [6.07, 6.45) is 0. The van der Waals surface area contributed by atoms with Crippen LogP contribution in [0.4, 0.5) is 5.69 Å². The predicted octanol–water partition coefficient (Wildman–Crippen LogP) is 3.71. The molecule has 8 heteroatoms. The minimum absolute atomic E-state index is 0.0508. The lowest BCUT2D eigenvalue weighted by molar-refractivity contribution is 0.0678. The smallest absolute Gasteiger partial charge is 0.310 e. The standard InChI is InChI=1S/C18H18N2O5S/c1-20(26-13-5-7-15(23-2)16(10-13)24-3)12-4-6-14-11(8-12)9-17(25-14)18(21)19-22/h4-10,22H,1-3H3,(H,19,21). The van der Waals surface area contributed by atoms with Crippen LogP contribution < -0.4 is 19.3 Å². The summed E-state index contributed by atoms with van der Waals surface area (Å²) in [7, 11) is 5.13. The molecule has 0 radical (unpaired) electrons. The van der Waals surface area contributed by atoms with Crippen molar-refractivity contribution in [2.75, 3.05) is 25.6 Å². The Morgan fingerprint density at radius 1 is 1.12 bits per heavy atom. The molecule has 3 rings (SSSR count). The van der Waals surface area contributed by atoms with Gasteiger partial charge in [-0.1, -0.05) is 0 Å². The maximum absolute atomic E-state index is 11.5. The van der Waals surface area contributed by atoms with E-state index in [1.54, 1.807) is 31.8 Å². The molecule has 2 aromatic carbocycles. The number of furan rings is 1. The van der Waals surface area contributed by atoms with Crippen LogP contribution in [0.5, 0.6) is 11.5 Å². The number of methoxy groups -OCH3 is 2. The second-order valence-corrected chi connectivity index (χ2v) is 6.58. The van der Waals surface area contributed by atoms with E-state index in [9.17, 15) is 4.79 Å². The van der Waals surface area contributed by atoms with Crippen LogP contribution in [0.3, 0.4) is 0 Å². The highest BCUT2D eigenvalue weighted by Crippen LogP contribution is 2.35. The summed E-state index contributed by atoms with van der Waals surface area (Å²) in [6.45, 7) is 0. The first-order valence-corrected chi connectivity index (χ1v) is 8.45. The van der Waals surface area contributed by atoms with Gasteiger partial charge in [0.05, 0.1) is 14.2 Å². The third-order valence-electron chi connectivity index (χ3n) is 3.79. The van der Waals surface area contributed by atoms with Crippen LogP contribution in [0.15, 0.2) is 51.8 Å². The normalized spacial score (nSPS) is 10.6. The fourth-order valence-corrected chi connectivity index (χ4v) is 3.30. The van der Waals surface area contributed by atoms with Crippen LogP contribution in [0.1, 0.15) is 10.6 Å². The molecule has 0 aliphatic carbocycles. The average molecular weight is 374 g/mol. The van der Waals surface area contributed by atoms with E-state index in [-0.39, 0.29) is 5.76 Å². The SMILES string of the molecule is COc1ccc(SN(C)c2ccc3oc(C(=O)NO)cc3c2)cc1OC. The second kappa shape index (κ2) is 7.59. The average Bonchev–Trinajstić information content (AvgIpc) is 3.10. The fourth-order valence-electron chi connectivity index (χ4n) is 2.48. The summed E-state index contributed by atoms with van der Waals surface area (Å²) >= 11 is 1.52. The van der Waals surface area contributed by atoms with Gasteiger partial charge >= 0.3 is 5.91 Å². The summed E-state index contributed by atoms with van der Waals surface area (Å²) in [5, 5.41) is 9.47. The number of hydrogen-bond donors (Lipinski definition) is 2. The Bertz CT molecular complexity index is 940. The molecule has 1 amide bonds. The van der Waals surface area contributed by atoms with E-state index >= 15 is 0 Å². The van der Waals surface area contributed by atoms with Gasteiger partial charge in [0.25, 0.3) is 0 Å². The molecule has 3 aromatic rings. The van der Waals surface area contributed by atoms with Gasteiger partial charge in [0.2, 0.25) is 0 Å². The first-order valence-electron chi connectivity index (χ1n) is 7.67. The number of benzene rings is 2. The van der Waals surface area contributed by atoms with Gasteiger partial charge in [0.1, 0.15) is 5.58 Å². The molecule has 136 valence electrons. The molecule has 26 heavy (non-hydrogen) atoms. The van der Waals surface area contributed by atoms with Gasteiger partial charge in [0.15, 0.2) is 17.3 Å². The largest absolute Gasteiger partial charge is 0.493 e. The molecule has 0 aliphatic heterocycles. The number of anilines is 1. The zero-order valence-electron chi connectivity index (χ0n) is 14.5. The Morgan fingerprint density at radius 2 is 1.88 bits per heavy atom. The first kappa shape index (κ1) is 18.0. The van der Waals surface area contributed by atoms with E-state index in [1.165, 1.54) is 11.9 Å².